The Morgan fingerprint density at radius 1 is 1.45 bits per heavy atom. The molecule has 2 atom stereocenters. The summed E-state index contributed by atoms with van der Waals surface area (Å²) in [5.41, 5.74) is 0. The van der Waals surface area contributed by atoms with Gasteiger partial charge in [0.15, 0.2) is 0 Å². The fourth-order valence-corrected chi connectivity index (χ4v) is 3.51. The quantitative estimate of drug-likeness (QED) is 0.769. The summed E-state index contributed by atoms with van der Waals surface area (Å²) in [5.74, 6) is -0.905. The molecule has 1 fully saturated rings. The third-order valence-electron chi connectivity index (χ3n) is 3.96. The van der Waals surface area contributed by atoms with Gasteiger partial charge >= 0.3 is 5.97 Å². The van der Waals surface area contributed by atoms with E-state index in [1.54, 1.807) is 28.2 Å². The number of aliphatic hydroxyl groups excluding tert-OH is 1. The molecule has 1 aromatic heterocycles. The summed E-state index contributed by atoms with van der Waals surface area (Å²) in [5, 5.41) is 20.9. The van der Waals surface area contributed by atoms with Crippen molar-refractivity contribution in [2.45, 2.75) is 31.4 Å². The molecule has 0 unspecified atom stereocenters. The van der Waals surface area contributed by atoms with Gasteiger partial charge in [-0.25, -0.2) is 0 Å². The first-order valence-electron chi connectivity index (χ1n) is 7.37. The molecular weight excluding hydrogens is 304 g/mol. The maximum Gasteiger partial charge on any atom is 0.317 e. The number of likely N-dealkylation sites (N-methyl/N-ethyl adjacent to an activating group) is 1. The largest absolute Gasteiger partial charge is 0.480 e. The van der Waals surface area contributed by atoms with Crippen molar-refractivity contribution in [3.8, 4) is 0 Å². The van der Waals surface area contributed by atoms with Crippen LogP contribution in [0.3, 0.4) is 0 Å². The van der Waals surface area contributed by atoms with Crippen molar-refractivity contribution in [2.75, 3.05) is 26.7 Å². The van der Waals surface area contributed by atoms with E-state index in [0.29, 0.717) is 13.0 Å². The molecule has 0 aromatic carbocycles. The van der Waals surface area contributed by atoms with Crippen LogP contribution in [0.5, 0.6) is 0 Å². The molecule has 1 aromatic rings. The molecule has 0 bridgehead atoms. The fraction of sp³-hybridized carbons (Fsp3) is 0.600. The predicted octanol–water partition coefficient (Wildman–Crippen LogP) is 0.659. The lowest BCUT2D eigenvalue weighted by molar-refractivity contribution is -0.138. The summed E-state index contributed by atoms with van der Waals surface area (Å²) >= 11 is 1.69. The Kier molecular flexibility index (Phi) is 5.93. The van der Waals surface area contributed by atoms with E-state index in [4.69, 9.17) is 5.11 Å². The first kappa shape index (κ1) is 16.9. The molecule has 122 valence electrons. The van der Waals surface area contributed by atoms with Crippen LogP contribution < -0.4 is 0 Å². The number of carboxylic acid groups (broad SMARTS) is 1. The Morgan fingerprint density at radius 3 is 2.86 bits per heavy atom. The fourth-order valence-electron chi connectivity index (χ4n) is 2.76. The zero-order valence-corrected chi connectivity index (χ0v) is 13.5. The minimum absolute atomic E-state index is 0.0295. The first-order chi connectivity index (χ1) is 10.5. The first-order valence-corrected chi connectivity index (χ1v) is 8.25. The van der Waals surface area contributed by atoms with Crippen LogP contribution in [0, 0.1) is 0 Å². The molecular formula is C15H22N2O4S. The van der Waals surface area contributed by atoms with Crippen LogP contribution in [0.2, 0.25) is 0 Å². The summed E-state index contributed by atoms with van der Waals surface area (Å²) in [4.78, 5) is 27.4. The topological polar surface area (TPSA) is 81.1 Å². The Morgan fingerprint density at radius 2 is 2.23 bits per heavy atom. The van der Waals surface area contributed by atoms with E-state index in [9.17, 15) is 14.7 Å². The van der Waals surface area contributed by atoms with Gasteiger partial charge in [0.2, 0.25) is 5.91 Å². The van der Waals surface area contributed by atoms with Crippen molar-refractivity contribution < 1.29 is 19.8 Å². The third kappa shape index (κ3) is 4.53. The lowest BCUT2D eigenvalue weighted by Gasteiger charge is -2.24. The Labute approximate surface area is 134 Å². The van der Waals surface area contributed by atoms with Crippen LogP contribution in [-0.4, -0.2) is 70.7 Å². The van der Waals surface area contributed by atoms with Crippen molar-refractivity contribution in [2.24, 2.45) is 0 Å². The summed E-state index contributed by atoms with van der Waals surface area (Å²) in [6, 6.07) is 3.75. The summed E-state index contributed by atoms with van der Waals surface area (Å²) in [6.45, 7) is 0.539. The van der Waals surface area contributed by atoms with Crippen LogP contribution in [0.1, 0.15) is 17.7 Å². The van der Waals surface area contributed by atoms with Gasteiger partial charge in [-0.1, -0.05) is 6.07 Å². The molecule has 0 radical (unpaired) electrons. The predicted molar refractivity (Wildman–Crippen MR) is 83.9 cm³/mol. The van der Waals surface area contributed by atoms with Gasteiger partial charge in [-0.15, -0.1) is 11.3 Å². The summed E-state index contributed by atoms with van der Waals surface area (Å²) in [7, 11) is 1.66. The van der Waals surface area contributed by atoms with Crippen LogP contribution >= 0.6 is 11.3 Å². The second kappa shape index (κ2) is 7.71. The minimum atomic E-state index is -0.935. The number of β-amino-alcohol motifs (C(OH)–C–C–N with tert-alkyl or cyclic N) is 1. The van der Waals surface area contributed by atoms with Crippen molar-refractivity contribution in [3.05, 3.63) is 22.4 Å². The molecule has 0 spiro atoms. The number of aliphatic hydroxyl groups is 1. The molecule has 1 aliphatic rings. The lowest BCUT2D eigenvalue weighted by Crippen LogP contribution is -2.43. The molecule has 22 heavy (non-hydrogen) atoms. The van der Waals surface area contributed by atoms with E-state index in [2.05, 4.69) is 6.07 Å². The van der Waals surface area contributed by atoms with Crippen LogP contribution in [0.25, 0.3) is 0 Å². The second-order valence-electron chi connectivity index (χ2n) is 5.68. The number of thiophene rings is 1. The highest BCUT2D eigenvalue weighted by atomic mass is 32.1. The average molecular weight is 326 g/mol. The zero-order valence-electron chi connectivity index (χ0n) is 12.6. The van der Waals surface area contributed by atoms with Gasteiger partial charge in [-0.05, 0) is 31.3 Å². The summed E-state index contributed by atoms with van der Waals surface area (Å²) < 4.78 is 0. The number of nitrogens with zero attached hydrogens (tertiary/aromatic N) is 2. The molecule has 2 rings (SSSR count). The van der Waals surface area contributed by atoms with Crippen LogP contribution in [-0.2, 0) is 16.0 Å². The smallest absolute Gasteiger partial charge is 0.317 e. The number of likely N-dealkylation sites (tertiary alicyclic amines) is 1. The zero-order chi connectivity index (χ0) is 16.1. The van der Waals surface area contributed by atoms with E-state index < -0.39 is 12.1 Å². The Hall–Kier alpha value is -1.44. The number of hydrogen-bond acceptors (Lipinski definition) is 5. The van der Waals surface area contributed by atoms with E-state index in [1.165, 1.54) is 4.88 Å². The molecule has 0 aliphatic carbocycles. The van der Waals surface area contributed by atoms with Gasteiger partial charge in [0, 0.05) is 24.4 Å². The molecule has 1 amide bonds. The number of carbonyl (C=O) groups is 2. The standard InChI is InChI=1S/C15H22N2O4S/c1-16(10-15(20)21)12-8-17(9-13(12)18)14(19)6-2-4-11-5-3-7-22-11/h3,5,7,12-13,18H,2,4,6,8-10H2,1H3,(H,20,21)/t12-,13-/m1/s1. The number of carbonyl (C=O) groups excluding carboxylic acids is 1. The number of aryl methyl sites for hydroxylation is 1. The minimum Gasteiger partial charge on any atom is -0.480 e. The van der Waals surface area contributed by atoms with Gasteiger partial charge in [-0.2, -0.15) is 0 Å². The van der Waals surface area contributed by atoms with E-state index in [-0.39, 0.29) is 25.0 Å². The number of carboxylic acids is 1. The maximum atomic E-state index is 12.2. The van der Waals surface area contributed by atoms with Gasteiger partial charge in [0.1, 0.15) is 0 Å². The van der Waals surface area contributed by atoms with Crippen molar-refractivity contribution in [3.63, 3.8) is 0 Å². The van der Waals surface area contributed by atoms with Crippen molar-refractivity contribution >= 4 is 23.2 Å². The van der Waals surface area contributed by atoms with Crippen LogP contribution in [0.4, 0.5) is 0 Å². The second-order valence-corrected chi connectivity index (χ2v) is 6.71. The van der Waals surface area contributed by atoms with Gasteiger partial charge in [0.25, 0.3) is 0 Å². The van der Waals surface area contributed by atoms with E-state index >= 15 is 0 Å². The normalized spacial score (nSPS) is 21.5. The summed E-state index contributed by atoms with van der Waals surface area (Å²) in [6.07, 6.45) is 1.45. The number of aliphatic carboxylic acids is 1. The molecule has 1 aliphatic heterocycles. The van der Waals surface area contributed by atoms with Gasteiger partial charge in [0.05, 0.1) is 18.7 Å². The molecule has 7 heteroatoms. The SMILES string of the molecule is CN(CC(=O)O)[C@@H]1CN(C(=O)CCCc2cccs2)C[C@H]1O. The van der Waals surface area contributed by atoms with E-state index in [0.717, 1.165) is 12.8 Å². The number of rotatable bonds is 7. The lowest BCUT2D eigenvalue weighted by atomic mass is 10.2. The van der Waals surface area contributed by atoms with Crippen molar-refractivity contribution in [1.82, 2.24) is 9.80 Å². The van der Waals surface area contributed by atoms with Gasteiger partial charge in [-0.3, -0.25) is 14.5 Å². The average Bonchev–Trinajstić information content (AvgIpc) is 3.07. The molecule has 2 N–H and O–H groups in total. The monoisotopic (exact) mass is 326 g/mol. The Bertz CT molecular complexity index is 506. The Balaban J connectivity index is 1.78. The maximum absolute atomic E-state index is 12.2. The highest BCUT2D eigenvalue weighted by Gasteiger charge is 2.36. The number of amides is 1. The molecule has 6 nitrogen and oxygen atoms in total. The van der Waals surface area contributed by atoms with Crippen molar-refractivity contribution in [1.29, 1.82) is 0 Å². The highest BCUT2D eigenvalue weighted by Crippen LogP contribution is 2.18. The van der Waals surface area contributed by atoms with E-state index in [1.807, 2.05) is 11.4 Å². The molecule has 2 heterocycles. The number of hydrogen-bond donors (Lipinski definition) is 2. The van der Waals surface area contributed by atoms with Crippen LogP contribution in [0.15, 0.2) is 17.5 Å². The van der Waals surface area contributed by atoms with Gasteiger partial charge < -0.3 is 15.1 Å². The highest BCUT2D eigenvalue weighted by molar-refractivity contribution is 7.09. The third-order valence-corrected chi connectivity index (χ3v) is 4.89. The molecule has 0 saturated carbocycles. The molecule has 1 saturated heterocycles.